The number of hydrogen-bond acceptors (Lipinski definition) is 4. The molecule has 0 aliphatic carbocycles. The summed E-state index contributed by atoms with van der Waals surface area (Å²) in [4.78, 5) is 33.2. The summed E-state index contributed by atoms with van der Waals surface area (Å²) in [7, 11) is 0. The van der Waals surface area contributed by atoms with Crippen LogP contribution in [0.25, 0.3) is 0 Å². The first kappa shape index (κ1) is 17.9. The zero-order valence-corrected chi connectivity index (χ0v) is 14.6. The second kappa shape index (κ2) is 7.13. The first-order valence-corrected chi connectivity index (χ1v) is 8.43. The summed E-state index contributed by atoms with van der Waals surface area (Å²) in [5, 5.41) is 19.0. The normalized spacial score (nSPS) is 17.1. The molecule has 3 N–H and O–H groups in total. The van der Waals surface area contributed by atoms with Crippen molar-refractivity contribution in [1.82, 2.24) is 4.98 Å². The van der Waals surface area contributed by atoms with Crippen molar-refractivity contribution >= 4 is 23.3 Å². The molecule has 2 heterocycles. The highest BCUT2D eigenvalue weighted by Crippen LogP contribution is 2.30. The smallest absolute Gasteiger partial charge is 0.352 e. The number of aliphatic hydroxyl groups excluding tert-OH is 1. The number of anilines is 1. The standard InChI is InChI=1S/C19H21N3O4/c1-11(2)16-17-15(8-13(20-17)19(25)26)22(18(24)14(10-23)21-16)9-12-6-4-3-5-7-12/h3-8,11,14,20,23H,9-10H2,1-2H3,(H,25,26)/t14-/m0/s1. The SMILES string of the molecule is CC(C)C1=N[C@@H](CO)C(=O)N(Cc2ccccc2)c2cc(C(=O)O)[nH]c21. The van der Waals surface area contributed by atoms with Crippen molar-refractivity contribution in [3.63, 3.8) is 0 Å². The minimum absolute atomic E-state index is 0.00309. The molecule has 0 fully saturated rings. The van der Waals surface area contributed by atoms with Crippen LogP contribution in [0.15, 0.2) is 41.4 Å². The maximum atomic E-state index is 13.0. The van der Waals surface area contributed by atoms with Crippen molar-refractivity contribution in [2.75, 3.05) is 11.5 Å². The van der Waals surface area contributed by atoms with Crippen molar-refractivity contribution in [2.24, 2.45) is 10.9 Å². The van der Waals surface area contributed by atoms with E-state index in [-0.39, 0.29) is 24.1 Å². The Morgan fingerprint density at radius 1 is 1.31 bits per heavy atom. The molecule has 0 saturated heterocycles. The molecule has 136 valence electrons. The molecule has 0 spiro atoms. The van der Waals surface area contributed by atoms with E-state index in [4.69, 9.17) is 0 Å². The Kier molecular flexibility index (Phi) is 4.90. The summed E-state index contributed by atoms with van der Waals surface area (Å²) in [6.07, 6.45) is 0. The zero-order valence-electron chi connectivity index (χ0n) is 14.6. The van der Waals surface area contributed by atoms with Crippen LogP contribution < -0.4 is 4.90 Å². The number of amides is 1. The van der Waals surface area contributed by atoms with Crippen molar-refractivity contribution in [2.45, 2.75) is 26.4 Å². The van der Waals surface area contributed by atoms with Crippen molar-refractivity contribution in [1.29, 1.82) is 0 Å². The molecule has 1 aromatic carbocycles. The van der Waals surface area contributed by atoms with Gasteiger partial charge in [0.25, 0.3) is 5.91 Å². The Balaban J connectivity index is 2.15. The Morgan fingerprint density at radius 3 is 2.58 bits per heavy atom. The topological polar surface area (TPSA) is 106 Å². The molecule has 26 heavy (non-hydrogen) atoms. The van der Waals surface area contributed by atoms with E-state index >= 15 is 0 Å². The van der Waals surface area contributed by atoms with Crippen LogP contribution in [-0.2, 0) is 11.3 Å². The lowest BCUT2D eigenvalue weighted by Crippen LogP contribution is -2.39. The molecular formula is C19H21N3O4. The number of aliphatic imine (C=N–C) groups is 1. The van der Waals surface area contributed by atoms with Crippen molar-refractivity contribution < 1.29 is 19.8 Å². The van der Waals surface area contributed by atoms with E-state index in [1.807, 2.05) is 44.2 Å². The Labute approximate surface area is 151 Å². The minimum Gasteiger partial charge on any atom is -0.477 e. The van der Waals surface area contributed by atoms with Crippen LogP contribution in [0.4, 0.5) is 5.69 Å². The molecule has 1 aromatic heterocycles. The summed E-state index contributed by atoms with van der Waals surface area (Å²) < 4.78 is 0. The van der Waals surface area contributed by atoms with Gasteiger partial charge in [0.1, 0.15) is 5.69 Å². The van der Waals surface area contributed by atoms with Crippen LogP contribution in [0, 0.1) is 5.92 Å². The summed E-state index contributed by atoms with van der Waals surface area (Å²) in [6, 6.07) is 9.95. The van der Waals surface area contributed by atoms with E-state index in [1.54, 1.807) is 0 Å². The van der Waals surface area contributed by atoms with Gasteiger partial charge in [-0.05, 0) is 17.5 Å². The largest absolute Gasteiger partial charge is 0.477 e. The second-order valence-electron chi connectivity index (χ2n) is 6.53. The van der Waals surface area contributed by atoms with Gasteiger partial charge in [-0.2, -0.15) is 0 Å². The number of carboxylic acids is 1. The first-order valence-electron chi connectivity index (χ1n) is 8.43. The van der Waals surface area contributed by atoms with Crippen LogP contribution in [0.5, 0.6) is 0 Å². The molecule has 7 heteroatoms. The number of nitrogens with one attached hydrogen (secondary N) is 1. The lowest BCUT2D eigenvalue weighted by atomic mass is 10.0. The lowest BCUT2D eigenvalue weighted by molar-refractivity contribution is -0.120. The van der Waals surface area contributed by atoms with Crippen LogP contribution in [0.1, 0.15) is 35.6 Å². The molecule has 0 saturated carbocycles. The van der Waals surface area contributed by atoms with Gasteiger partial charge in [-0.3, -0.25) is 9.79 Å². The lowest BCUT2D eigenvalue weighted by Gasteiger charge is -2.23. The monoisotopic (exact) mass is 355 g/mol. The number of aliphatic hydroxyl groups is 1. The molecule has 1 atom stereocenters. The van der Waals surface area contributed by atoms with E-state index in [9.17, 15) is 19.8 Å². The molecule has 0 unspecified atom stereocenters. The van der Waals surface area contributed by atoms with E-state index < -0.39 is 18.6 Å². The highest BCUT2D eigenvalue weighted by Gasteiger charge is 2.34. The van der Waals surface area contributed by atoms with E-state index in [0.717, 1.165) is 5.56 Å². The van der Waals surface area contributed by atoms with Crippen LogP contribution in [-0.4, -0.2) is 45.4 Å². The van der Waals surface area contributed by atoms with Gasteiger partial charge in [0.2, 0.25) is 0 Å². The van der Waals surface area contributed by atoms with Gasteiger partial charge in [-0.1, -0.05) is 44.2 Å². The fourth-order valence-corrected chi connectivity index (χ4v) is 3.04. The number of fused-ring (bicyclic) bond motifs is 1. The van der Waals surface area contributed by atoms with Crippen LogP contribution in [0.2, 0.25) is 0 Å². The number of rotatable bonds is 5. The van der Waals surface area contributed by atoms with Crippen LogP contribution >= 0.6 is 0 Å². The number of H-pyrrole nitrogens is 1. The number of aromatic nitrogens is 1. The highest BCUT2D eigenvalue weighted by molar-refractivity contribution is 6.13. The summed E-state index contributed by atoms with van der Waals surface area (Å²) in [6.45, 7) is 3.68. The van der Waals surface area contributed by atoms with Gasteiger partial charge in [0.05, 0.1) is 30.2 Å². The fourth-order valence-electron chi connectivity index (χ4n) is 3.04. The third-order valence-corrected chi connectivity index (χ3v) is 4.32. The van der Waals surface area contributed by atoms with Gasteiger partial charge in [-0.25, -0.2) is 4.79 Å². The first-order chi connectivity index (χ1) is 12.4. The van der Waals surface area contributed by atoms with Gasteiger partial charge in [0.15, 0.2) is 6.04 Å². The van der Waals surface area contributed by atoms with Crippen LogP contribution in [0.3, 0.4) is 0 Å². The number of hydrogen-bond donors (Lipinski definition) is 3. The molecule has 3 rings (SSSR count). The number of benzene rings is 1. The molecule has 2 aromatic rings. The maximum absolute atomic E-state index is 13.0. The van der Waals surface area contributed by atoms with E-state index in [1.165, 1.54) is 11.0 Å². The number of carbonyl (C=O) groups is 2. The van der Waals surface area contributed by atoms with Gasteiger partial charge < -0.3 is 20.1 Å². The molecule has 0 bridgehead atoms. The van der Waals surface area contributed by atoms with E-state index in [0.29, 0.717) is 17.1 Å². The van der Waals surface area contributed by atoms with Gasteiger partial charge in [0, 0.05) is 0 Å². The Morgan fingerprint density at radius 2 is 2.00 bits per heavy atom. The third kappa shape index (κ3) is 3.25. The molecule has 0 radical (unpaired) electrons. The molecule has 1 amide bonds. The molecule has 1 aliphatic rings. The average molecular weight is 355 g/mol. The Bertz CT molecular complexity index is 855. The van der Waals surface area contributed by atoms with Gasteiger partial charge >= 0.3 is 5.97 Å². The second-order valence-corrected chi connectivity index (χ2v) is 6.53. The average Bonchev–Trinajstić information content (AvgIpc) is 3.01. The van der Waals surface area contributed by atoms with Crippen molar-refractivity contribution in [3.05, 3.63) is 53.3 Å². The Hall–Kier alpha value is -2.93. The minimum atomic E-state index is -1.10. The third-order valence-electron chi connectivity index (χ3n) is 4.32. The molecule has 1 aliphatic heterocycles. The number of aromatic carboxylic acids is 1. The molecular weight excluding hydrogens is 334 g/mol. The summed E-state index contributed by atoms with van der Waals surface area (Å²) in [5.74, 6) is -1.51. The number of aromatic amines is 1. The number of carboxylic acid groups (broad SMARTS) is 1. The number of carbonyl (C=O) groups excluding carboxylic acids is 1. The predicted molar refractivity (Wildman–Crippen MR) is 97.6 cm³/mol. The van der Waals surface area contributed by atoms with Gasteiger partial charge in [-0.15, -0.1) is 0 Å². The quantitative estimate of drug-likeness (QED) is 0.763. The van der Waals surface area contributed by atoms with E-state index in [2.05, 4.69) is 9.98 Å². The summed E-state index contributed by atoms with van der Waals surface area (Å²) in [5.41, 5.74) is 2.46. The predicted octanol–water partition coefficient (Wildman–Crippen LogP) is 2.07. The summed E-state index contributed by atoms with van der Waals surface area (Å²) >= 11 is 0. The fraction of sp³-hybridized carbons (Fsp3) is 0.316. The maximum Gasteiger partial charge on any atom is 0.352 e. The van der Waals surface area contributed by atoms with Crippen molar-refractivity contribution in [3.8, 4) is 0 Å². The molecule has 7 nitrogen and oxygen atoms in total. The highest BCUT2D eigenvalue weighted by atomic mass is 16.4. The number of nitrogens with zero attached hydrogens (tertiary/aromatic N) is 2. The zero-order chi connectivity index (χ0) is 18.8.